The number of carbonyl (C=O) groups is 1. The molecule has 2 aliphatic rings. The van der Waals surface area contributed by atoms with E-state index in [1.54, 1.807) is 26.1 Å². The van der Waals surface area contributed by atoms with Crippen LogP contribution in [0, 0.1) is 5.92 Å². The van der Waals surface area contributed by atoms with E-state index >= 15 is 0 Å². The predicted molar refractivity (Wildman–Crippen MR) is 78.7 cm³/mol. The van der Waals surface area contributed by atoms with Gasteiger partial charge in [0.15, 0.2) is 5.96 Å². The zero-order valence-corrected chi connectivity index (χ0v) is 12.8. The number of likely N-dealkylation sites (tertiary alicyclic amines) is 1. The summed E-state index contributed by atoms with van der Waals surface area (Å²) >= 11 is 0. The zero-order chi connectivity index (χ0) is 14.5. The van der Waals surface area contributed by atoms with Crippen LogP contribution in [-0.2, 0) is 9.53 Å². The molecule has 1 heterocycles. The van der Waals surface area contributed by atoms with Crippen LogP contribution in [-0.4, -0.2) is 75.2 Å². The maximum atomic E-state index is 11.7. The molecule has 1 unspecified atom stereocenters. The minimum atomic E-state index is 0.0349. The third kappa shape index (κ3) is 4.37. The average Bonchev–Trinajstić information content (AvgIpc) is 3.12. The van der Waals surface area contributed by atoms with Crippen molar-refractivity contribution in [3.05, 3.63) is 0 Å². The van der Waals surface area contributed by atoms with Gasteiger partial charge in [0.1, 0.15) is 6.54 Å². The molecule has 1 saturated heterocycles. The molecule has 0 spiro atoms. The van der Waals surface area contributed by atoms with Crippen LogP contribution in [0.25, 0.3) is 0 Å². The van der Waals surface area contributed by atoms with Crippen LogP contribution in [0.15, 0.2) is 4.99 Å². The second kappa shape index (κ2) is 6.92. The van der Waals surface area contributed by atoms with E-state index in [2.05, 4.69) is 15.2 Å². The Balaban J connectivity index is 1.92. The van der Waals surface area contributed by atoms with Crippen molar-refractivity contribution in [3.63, 3.8) is 0 Å². The number of likely N-dealkylation sites (N-methyl/N-ethyl adjacent to an activating group) is 1. The SMILES string of the molecule is COCC1CCN(C(=NCC(=O)N(C)C)NC2CC2)C1. The number of rotatable bonds is 5. The lowest BCUT2D eigenvalue weighted by atomic mass is 10.1. The summed E-state index contributed by atoms with van der Waals surface area (Å²) in [6, 6.07) is 0.546. The van der Waals surface area contributed by atoms with Gasteiger partial charge in [-0.25, -0.2) is 4.99 Å². The number of guanidine groups is 1. The van der Waals surface area contributed by atoms with Gasteiger partial charge in [-0.15, -0.1) is 0 Å². The molecular formula is C14H26N4O2. The van der Waals surface area contributed by atoms with E-state index in [9.17, 15) is 4.79 Å². The maximum Gasteiger partial charge on any atom is 0.243 e. The quantitative estimate of drug-likeness (QED) is 0.576. The standard InChI is InChI=1S/C14H26N4O2/c1-17(2)13(19)8-15-14(16-12-4-5-12)18-7-6-11(9-18)10-20-3/h11-12H,4-10H2,1-3H3,(H,15,16). The number of hydrogen-bond donors (Lipinski definition) is 1. The molecule has 6 heteroatoms. The first-order chi connectivity index (χ1) is 9.60. The number of nitrogens with one attached hydrogen (secondary N) is 1. The summed E-state index contributed by atoms with van der Waals surface area (Å²) in [6.45, 7) is 2.96. The van der Waals surface area contributed by atoms with E-state index in [1.807, 2.05) is 0 Å². The van der Waals surface area contributed by atoms with E-state index in [1.165, 1.54) is 12.8 Å². The topological polar surface area (TPSA) is 57.2 Å². The Labute approximate surface area is 121 Å². The van der Waals surface area contributed by atoms with Crippen molar-refractivity contribution in [2.45, 2.75) is 25.3 Å². The Bertz CT molecular complexity index is 366. The molecule has 0 radical (unpaired) electrons. The number of ether oxygens (including phenoxy) is 1. The first-order valence-electron chi connectivity index (χ1n) is 7.35. The van der Waals surface area contributed by atoms with Crippen molar-refractivity contribution < 1.29 is 9.53 Å². The van der Waals surface area contributed by atoms with Gasteiger partial charge in [0.25, 0.3) is 0 Å². The van der Waals surface area contributed by atoms with E-state index < -0.39 is 0 Å². The van der Waals surface area contributed by atoms with E-state index in [0.717, 1.165) is 32.1 Å². The fraction of sp³-hybridized carbons (Fsp3) is 0.857. The number of nitrogens with zero attached hydrogens (tertiary/aromatic N) is 3. The first-order valence-corrected chi connectivity index (χ1v) is 7.35. The highest BCUT2D eigenvalue weighted by Gasteiger charge is 2.29. The van der Waals surface area contributed by atoms with Gasteiger partial charge in [-0.2, -0.15) is 0 Å². The first kappa shape index (κ1) is 15.1. The predicted octanol–water partition coefficient (Wildman–Crippen LogP) is 0.151. The van der Waals surface area contributed by atoms with Gasteiger partial charge in [0.2, 0.25) is 5.91 Å². The molecule has 0 aromatic heterocycles. The largest absolute Gasteiger partial charge is 0.384 e. The summed E-state index contributed by atoms with van der Waals surface area (Å²) < 4.78 is 5.23. The van der Waals surface area contributed by atoms with Gasteiger partial charge in [-0.05, 0) is 19.3 Å². The maximum absolute atomic E-state index is 11.7. The molecule has 2 fully saturated rings. The molecule has 2 rings (SSSR count). The molecule has 114 valence electrons. The molecule has 20 heavy (non-hydrogen) atoms. The smallest absolute Gasteiger partial charge is 0.243 e. The molecule has 1 amide bonds. The van der Waals surface area contributed by atoms with Crippen LogP contribution in [0.5, 0.6) is 0 Å². The Morgan fingerprint density at radius 3 is 2.75 bits per heavy atom. The summed E-state index contributed by atoms with van der Waals surface area (Å²) in [4.78, 5) is 20.0. The summed E-state index contributed by atoms with van der Waals surface area (Å²) in [6.07, 6.45) is 3.53. The number of methoxy groups -OCH3 is 1. The van der Waals surface area contributed by atoms with Crippen molar-refractivity contribution in [2.75, 3.05) is 47.4 Å². The van der Waals surface area contributed by atoms with Crippen LogP contribution in [0.1, 0.15) is 19.3 Å². The molecule has 0 aromatic rings. The van der Waals surface area contributed by atoms with Crippen LogP contribution in [0.2, 0.25) is 0 Å². The lowest BCUT2D eigenvalue weighted by molar-refractivity contribution is -0.127. The normalized spacial score (nSPS) is 23.1. The second-order valence-electron chi connectivity index (χ2n) is 5.90. The molecule has 1 aliphatic heterocycles. The average molecular weight is 282 g/mol. The minimum Gasteiger partial charge on any atom is -0.384 e. The third-order valence-corrected chi connectivity index (χ3v) is 3.76. The van der Waals surface area contributed by atoms with Crippen molar-refractivity contribution in [2.24, 2.45) is 10.9 Å². The van der Waals surface area contributed by atoms with Crippen molar-refractivity contribution in [3.8, 4) is 0 Å². The van der Waals surface area contributed by atoms with Gasteiger partial charge < -0.3 is 19.9 Å². The molecule has 0 bridgehead atoms. The Morgan fingerprint density at radius 2 is 2.15 bits per heavy atom. The molecular weight excluding hydrogens is 256 g/mol. The van der Waals surface area contributed by atoms with Gasteiger partial charge in [0.05, 0.1) is 6.61 Å². The molecule has 1 atom stereocenters. The van der Waals surface area contributed by atoms with Crippen molar-refractivity contribution in [1.29, 1.82) is 0 Å². The highest BCUT2D eigenvalue weighted by Crippen LogP contribution is 2.21. The Morgan fingerprint density at radius 1 is 1.40 bits per heavy atom. The highest BCUT2D eigenvalue weighted by atomic mass is 16.5. The van der Waals surface area contributed by atoms with Gasteiger partial charge in [0, 0.05) is 46.3 Å². The third-order valence-electron chi connectivity index (χ3n) is 3.76. The van der Waals surface area contributed by atoms with Crippen molar-refractivity contribution in [1.82, 2.24) is 15.1 Å². The lowest BCUT2D eigenvalue weighted by Gasteiger charge is -2.22. The fourth-order valence-electron chi connectivity index (χ4n) is 2.33. The number of hydrogen-bond acceptors (Lipinski definition) is 3. The lowest BCUT2D eigenvalue weighted by Crippen LogP contribution is -2.42. The van der Waals surface area contributed by atoms with Gasteiger partial charge in [-0.1, -0.05) is 0 Å². The van der Waals surface area contributed by atoms with Gasteiger partial charge in [-0.3, -0.25) is 4.79 Å². The van der Waals surface area contributed by atoms with Crippen LogP contribution < -0.4 is 5.32 Å². The number of amides is 1. The second-order valence-corrected chi connectivity index (χ2v) is 5.90. The molecule has 1 saturated carbocycles. The monoisotopic (exact) mass is 282 g/mol. The minimum absolute atomic E-state index is 0.0349. The summed E-state index contributed by atoms with van der Waals surface area (Å²) in [5.74, 6) is 1.49. The van der Waals surface area contributed by atoms with Gasteiger partial charge >= 0.3 is 0 Å². The van der Waals surface area contributed by atoms with E-state index in [4.69, 9.17) is 4.74 Å². The zero-order valence-electron chi connectivity index (χ0n) is 12.8. The fourth-order valence-corrected chi connectivity index (χ4v) is 2.33. The van der Waals surface area contributed by atoms with Crippen LogP contribution in [0.3, 0.4) is 0 Å². The van der Waals surface area contributed by atoms with E-state index in [-0.39, 0.29) is 12.5 Å². The Hall–Kier alpha value is -1.30. The molecule has 1 aliphatic carbocycles. The summed E-state index contributed by atoms with van der Waals surface area (Å²) in [5, 5.41) is 3.45. The number of aliphatic imine (C=N–C) groups is 1. The van der Waals surface area contributed by atoms with E-state index in [0.29, 0.717) is 12.0 Å². The molecule has 0 aromatic carbocycles. The molecule has 6 nitrogen and oxygen atoms in total. The van der Waals surface area contributed by atoms with Crippen LogP contribution in [0.4, 0.5) is 0 Å². The van der Waals surface area contributed by atoms with Crippen LogP contribution >= 0.6 is 0 Å². The summed E-state index contributed by atoms with van der Waals surface area (Å²) in [7, 11) is 5.27. The molecule has 1 N–H and O–H groups in total. The highest BCUT2D eigenvalue weighted by molar-refractivity contribution is 5.85. The van der Waals surface area contributed by atoms with Crippen molar-refractivity contribution >= 4 is 11.9 Å². The number of carbonyl (C=O) groups excluding carboxylic acids is 1. The summed E-state index contributed by atoms with van der Waals surface area (Å²) in [5.41, 5.74) is 0. The Kier molecular flexibility index (Phi) is 5.23.